The maximum Gasteiger partial charge on any atom is 0.237 e. The highest BCUT2D eigenvalue weighted by molar-refractivity contribution is 5.61. The predicted molar refractivity (Wildman–Crippen MR) is 67.4 cm³/mol. The van der Waals surface area contributed by atoms with Gasteiger partial charge in [0.25, 0.3) is 0 Å². The van der Waals surface area contributed by atoms with Crippen molar-refractivity contribution in [2.45, 2.75) is 38.8 Å². The lowest BCUT2D eigenvalue weighted by atomic mass is 10.0. The summed E-state index contributed by atoms with van der Waals surface area (Å²) in [6, 6.07) is 2.34. The molecule has 0 aliphatic carbocycles. The third kappa shape index (κ3) is 2.36. The van der Waals surface area contributed by atoms with Crippen LogP contribution in [0.25, 0.3) is 0 Å². The van der Waals surface area contributed by atoms with Gasteiger partial charge in [0.2, 0.25) is 5.88 Å². The van der Waals surface area contributed by atoms with E-state index in [1.165, 1.54) is 19.3 Å². The summed E-state index contributed by atoms with van der Waals surface area (Å²) in [4.78, 5) is 6.55. The molecule has 1 aliphatic heterocycles. The molecule has 0 amide bonds. The van der Waals surface area contributed by atoms with Crippen molar-refractivity contribution in [2.75, 3.05) is 18.6 Å². The largest absolute Gasteiger partial charge is 0.480 e. The summed E-state index contributed by atoms with van der Waals surface area (Å²) < 4.78 is 5.33. The molecule has 0 aromatic carbocycles. The van der Waals surface area contributed by atoms with E-state index in [0.717, 1.165) is 17.8 Å². The van der Waals surface area contributed by atoms with Crippen LogP contribution >= 0.6 is 0 Å². The average molecular weight is 236 g/mol. The molecule has 94 valence electrons. The third-order valence-electron chi connectivity index (χ3n) is 3.43. The number of ether oxygens (including phenoxy) is 1. The molecule has 2 heterocycles. The minimum absolute atomic E-state index is 0.0252. The summed E-state index contributed by atoms with van der Waals surface area (Å²) >= 11 is 0. The van der Waals surface area contributed by atoms with Crippen LogP contribution in [0, 0.1) is 0 Å². The van der Waals surface area contributed by atoms with E-state index in [0.29, 0.717) is 11.9 Å². The number of rotatable bonds is 3. The number of anilines is 1. The van der Waals surface area contributed by atoms with Crippen molar-refractivity contribution in [3.63, 3.8) is 0 Å². The first kappa shape index (κ1) is 12.2. The summed E-state index contributed by atoms with van der Waals surface area (Å²) in [5.74, 6) is 0.616. The van der Waals surface area contributed by atoms with Crippen LogP contribution in [0.5, 0.6) is 5.88 Å². The molecular weight excluding hydrogens is 216 g/mol. The van der Waals surface area contributed by atoms with E-state index in [9.17, 15) is 5.11 Å². The molecule has 1 aromatic heterocycles. The SMILES string of the molecule is COc1nccc(CO)c1N1CCCCC1C. The summed E-state index contributed by atoms with van der Waals surface area (Å²) in [5.41, 5.74) is 1.86. The molecule has 4 nitrogen and oxygen atoms in total. The molecule has 1 unspecified atom stereocenters. The van der Waals surface area contributed by atoms with E-state index in [2.05, 4.69) is 16.8 Å². The number of methoxy groups -OCH3 is 1. The number of hydrogen-bond acceptors (Lipinski definition) is 4. The van der Waals surface area contributed by atoms with E-state index < -0.39 is 0 Å². The zero-order valence-electron chi connectivity index (χ0n) is 10.5. The summed E-state index contributed by atoms with van der Waals surface area (Å²) in [7, 11) is 1.63. The molecule has 1 atom stereocenters. The van der Waals surface area contributed by atoms with Gasteiger partial charge in [-0.3, -0.25) is 0 Å². The zero-order valence-corrected chi connectivity index (χ0v) is 10.5. The van der Waals surface area contributed by atoms with Gasteiger partial charge < -0.3 is 14.7 Å². The van der Waals surface area contributed by atoms with Crippen LogP contribution < -0.4 is 9.64 Å². The van der Waals surface area contributed by atoms with Gasteiger partial charge in [-0.2, -0.15) is 0 Å². The van der Waals surface area contributed by atoms with Crippen molar-refractivity contribution in [2.24, 2.45) is 0 Å². The first-order valence-corrected chi connectivity index (χ1v) is 6.17. The summed E-state index contributed by atoms with van der Waals surface area (Å²) in [6.07, 6.45) is 5.33. The fourth-order valence-electron chi connectivity index (χ4n) is 2.49. The van der Waals surface area contributed by atoms with Crippen molar-refractivity contribution in [3.8, 4) is 5.88 Å². The van der Waals surface area contributed by atoms with Gasteiger partial charge in [0.1, 0.15) is 5.69 Å². The second-order valence-corrected chi connectivity index (χ2v) is 4.52. The van der Waals surface area contributed by atoms with Gasteiger partial charge in [0.05, 0.1) is 13.7 Å². The van der Waals surface area contributed by atoms with Crippen molar-refractivity contribution >= 4 is 5.69 Å². The summed E-state index contributed by atoms with van der Waals surface area (Å²) in [5, 5.41) is 9.45. The van der Waals surface area contributed by atoms with Crippen LogP contribution in [0.4, 0.5) is 5.69 Å². The molecular formula is C13H20N2O2. The number of aliphatic hydroxyl groups is 1. The molecule has 0 spiro atoms. The van der Waals surface area contributed by atoms with Crippen molar-refractivity contribution in [1.29, 1.82) is 0 Å². The maximum atomic E-state index is 9.45. The highest BCUT2D eigenvalue weighted by atomic mass is 16.5. The van der Waals surface area contributed by atoms with Gasteiger partial charge in [-0.15, -0.1) is 0 Å². The molecule has 1 saturated heterocycles. The molecule has 2 rings (SSSR count). The number of piperidine rings is 1. The molecule has 1 aliphatic rings. The van der Waals surface area contributed by atoms with Crippen LogP contribution in [0.2, 0.25) is 0 Å². The lowest BCUT2D eigenvalue weighted by Crippen LogP contribution is -2.38. The quantitative estimate of drug-likeness (QED) is 0.871. The molecule has 1 aromatic rings. The number of pyridine rings is 1. The van der Waals surface area contributed by atoms with E-state index >= 15 is 0 Å². The Hall–Kier alpha value is -1.29. The molecule has 4 heteroatoms. The van der Waals surface area contributed by atoms with Gasteiger partial charge in [-0.1, -0.05) is 0 Å². The molecule has 1 fully saturated rings. The normalized spacial score (nSPS) is 20.4. The fourth-order valence-corrected chi connectivity index (χ4v) is 2.49. The van der Waals surface area contributed by atoms with Gasteiger partial charge in [-0.05, 0) is 32.3 Å². The van der Waals surface area contributed by atoms with E-state index in [4.69, 9.17) is 4.74 Å². The van der Waals surface area contributed by atoms with Crippen LogP contribution in [-0.2, 0) is 6.61 Å². The van der Waals surface area contributed by atoms with Crippen molar-refractivity contribution in [1.82, 2.24) is 4.98 Å². The molecule has 0 radical (unpaired) electrons. The minimum Gasteiger partial charge on any atom is -0.480 e. The number of aromatic nitrogens is 1. The third-order valence-corrected chi connectivity index (χ3v) is 3.43. The van der Waals surface area contributed by atoms with Gasteiger partial charge in [0, 0.05) is 24.3 Å². The van der Waals surface area contributed by atoms with E-state index in [1.54, 1.807) is 13.3 Å². The Morgan fingerprint density at radius 2 is 2.35 bits per heavy atom. The van der Waals surface area contributed by atoms with Crippen LogP contribution in [0.15, 0.2) is 12.3 Å². The standard InChI is InChI=1S/C13H20N2O2/c1-10-5-3-4-8-15(10)12-11(9-16)6-7-14-13(12)17-2/h6-7,10,16H,3-5,8-9H2,1-2H3. The second kappa shape index (κ2) is 5.36. The van der Waals surface area contributed by atoms with Crippen molar-refractivity contribution in [3.05, 3.63) is 17.8 Å². The Kier molecular flexibility index (Phi) is 3.84. The highest BCUT2D eigenvalue weighted by Gasteiger charge is 2.24. The Labute approximate surface area is 102 Å². The van der Waals surface area contributed by atoms with E-state index in [1.807, 2.05) is 6.07 Å². The van der Waals surface area contributed by atoms with Gasteiger partial charge >= 0.3 is 0 Å². The molecule has 1 N–H and O–H groups in total. The minimum atomic E-state index is 0.0252. The Morgan fingerprint density at radius 1 is 1.53 bits per heavy atom. The fraction of sp³-hybridized carbons (Fsp3) is 0.615. The number of hydrogen-bond donors (Lipinski definition) is 1. The second-order valence-electron chi connectivity index (χ2n) is 4.52. The van der Waals surface area contributed by atoms with E-state index in [-0.39, 0.29) is 6.61 Å². The first-order valence-electron chi connectivity index (χ1n) is 6.17. The zero-order chi connectivity index (χ0) is 12.3. The Balaban J connectivity index is 2.40. The molecule has 17 heavy (non-hydrogen) atoms. The van der Waals surface area contributed by atoms with Crippen LogP contribution in [0.1, 0.15) is 31.7 Å². The number of nitrogens with zero attached hydrogens (tertiary/aromatic N) is 2. The summed E-state index contributed by atoms with van der Waals surface area (Å²) in [6.45, 7) is 3.25. The Bertz CT molecular complexity index is 359. The van der Waals surface area contributed by atoms with Gasteiger partial charge in [0.15, 0.2) is 0 Å². The first-order chi connectivity index (χ1) is 8.27. The number of aliphatic hydroxyl groups excluding tert-OH is 1. The van der Waals surface area contributed by atoms with Crippen molar-refractivity contribution < 1.29 is 9.84 Å². The van der Waals surface area contributed by atoms with Crippen LogP contribution in [0.3, 0.4) is 0 Å². The van der Waals surface area contributed by atoms with Crippen LogP contribution in [-0.4, -0.2) is 29.8 Å². The predicted octanol–water partition coefficient (Wildman–Crippen LogP) is 1.96. The highest BCUT2D eigenvalue weighted by Crippen LogP contribution is 2.34. The Morgan fingerprint density at radius 3 is 3.00 bits per heavy atom. The monoisotopic (exact) mass is 236 g/mol. The maximum absolute atomic E-state index is 9.45. The average Bonchev–Trinajstić information content (AvgIpc) is 2.38. The topological polar surface area (TPSA) is 45.6 Å². The lowest BCUT2D eigenvalue weighted by Gasteiger charge is -2.36. The molecule has 0 saturated carbocycles. The molecule has 0 bridgehead atoms. The lowest BCUT2D eigenvalue weighted by molar-refractivity contribution is 0.280. The van der Waals surface area contributed by atoms with Gasteiger partial charge in [-0.25, -0.2) is 4.98 Å². The smallest absolute Gasteiger partial charge is 0.237 e.